The van der Waals surface area contributed by atoms with E-state index in [9.17, 15) is 0 Å². The Balaban J connectivity index is 2.04. The second-order valence-electron chi connectivity index (χ2n) is 6.05. The van der Waals surface area contributed by atoms with E-state index >= 15 is 0 Å². The molecule has 1 aromatic carbocycles. The van der Waals surface area contributed by atoms with Crippen molar-refractivity contribution in [2.75, 3.05) is 18.0 Å². The number of benzene rings is 1. The van der Waals surface area contributed by atoms with Gasteiger partial charge in [0.1, 0.15) is 18.6 Å². The molecule has 2 aromatic rings. The van der Waals surface area contributed by atoms with Crippen molar-refractivity contribution in [3.8, 4) is 0 Å². The first-order chi connectivity index (χ1) is 9.52. The van der Waals surface area contributed by atoms with Gasteiger partial charge < -0.3 is 4.74 Å². The van der Waals surface area contributed by atoms with Gasteiger partial charge in [-0.15, -0.1) is 0 Å². The maximum absolute atomic E-state index is 5.83. The van der Waals surface area contributed by atoms with Crippen LogP contribution < -0.4 is 9.88 Å². The number of pyridine rings is 1. The van der Waals surface area contributed by atoms with Gasteiger partial charge in [-0.05, 0) is 45.4 Å². The Morgan fingerprint density at radius 2 is 1.80 bits per heavy atom. The standard InChI is InChI=1S/C17H22N2O/c1-11-5-6-15-8-12(2)17(18-16(15)7-11)19-9-13(3)20-14(4)10-19/h5-8,13-14H,9-10H2,1-4H3/p+1/t13-,14+. The molecule has 1 aromatic heterocycles. The van der Waals surface area contributed by atoms with Gasteiger partial charge in [0.25, 0.3) is 5.82 Å². The predicted octanol–water partition coefficient (Wildman–Crippen LogP) is 2.88. The molecule has 1 saturated heterocycles. The number of hydrogen-bond acceptors (Lipinski definition) is 2. The van der Waals surface area contributed by atoms with Crippen molar-refractivity contribution in [1.29, 1.82) is 0 Å². The Labute approximate surface area is 120 Å². The molecule has 1 aliphatic heterocycles. The Hall–Kier alpha value is -1.61. The Bertz CT molecular complexity index is 628. The summed E-state index contributed by atoms with van der Waals surface area (Å²) in [5.74, 6) is 1.23. The highest BCUT2D eigenvalue weighted by Gasteiger charge is 2.29. The SMILES string of the molecule is Cc1ccc2cc(C)c(N3C[C@@H](C)O[C@@H](C)C3)[nH+]c2c1. The lowest BCUT2D eigenvalue weighted by molar-refractivity contribution is -0.332. The highest BCUT2D eigenvalue weighted by atomic mass is 16.5. The number of anilines is 1. The summed E-state index contributed by atoms with van der Waals surface area (Å²) >= 11 is 0. The summed E-state index contributed by atoms with van der Waals surface area (Å²) in [5.41, 5.74) is 3.78. The number of aromatic nitrogens is 1. The molecule has 0 unspecified atom stereocenters. The van der Waals surface area contributed by atoms with Crippen LogP contribution in [0.4, 0.5) is 5.82 Å². The second kappa shape index (κ2) is 5.06. The van der Waals surface area contributed by atoms with Crippen molar-refractivity contribution >= 4 is 16.7 Å². The maximum atomic E-state index is 5.83. The Morgan fingerprint density at radius 1 is 1.10 bits per heavy atom. The molecule has 2 atom stereocenters. The van der Waals surface area contributed by atoms with Gasteiger partial charge in [0.05, 0.1) is 12.2 Å². The topological polar surface area (TPSA) is 26.6 Å². The second-order valence-corrected chi connectivity index (χ2v) is 6.05. The molecule has 106 valence electrons. The first kappa shape index (κ1) is 13.4. The molecule has 0 amide bonds. The number of H-pyrrole nitrogens is 1. The predicted molar refractivity (Wildman–Crippen MR) is 82.2 cm³/mol. The average Bonchev–Trinajstić information content (AvgIpc) is 2.37. The van der Waals surface area contributed by atoms with Crippen molar-refractivity contribution in [2.45, 2.75) is 39.9 Å². The molecule has 0 bridgehead atoms. The highest BCUT2D eigenvalue weighted by molar-refractivity contribution is 5.78. The van der Waals surface area contributed by atoms with Crippen LogP contribution in [-0.2, 0) is 4.74 Å². The minimum absolute atomic E-state index is 0.278. The smallest absolute Gasteiger partial charge is 0.277 e. The largest absolute Gasteiger partial charge is 0.367 e. The van der Waals surface area contributed by atoms with Crippen molar-refractivity contribution in [2.24, 2.45) is 0 Å². The first-order valence-electron chi connectivity index (χ1n) is 7.36. The van der Waals surface area contributed by atoms with Crippen LogP contribution >= 0.6 is 0 Å². The van der Waals surface area contributed by atoms with Gasteiger partial charge in [-0.3, -0.25) is 4.90 Å². The van der Waals surface area contributed by atoms with Crippen LogP contribution in [0.3, 0.4) is 0 Å². The molecule has 1 fully saturated rings. The van der Waals surface area contributed by atoms with Crippen LogP contribution in [0.2, 0.25) is 0 Å². The normalized spacial score (nSPS) is 23.3. The summed E-state index contributed by atoms with van der Waals surface area (Å²) in [6.45, 7) is 10.5. The monoisotopic (exact) mass is 271 g/mol. The summed E-state index contributed by atoms with van der Waals surface area (Å²) in [5, 5.41) is 1.27. The molecule has 0 spiro atoms. The lowest BCUT2D eigenvalue weighted by Gasteiger charge is -2.31. The van der Waals surface area contributed by atoms with Gasteiger partial charge in [-0.1, -0.05) is 12.1 Å². The summed E-state index contributed by atoms with van der Waals surface area (Å²) in [6, 6.07) is 8.83. The molecule has 3 heteroatoms. The quantitative estimate of drug-likeness (QED) is 0.797. The van der Waals surface area contributed by atoms with Crippen molar-refractivity contribution in [3.05, 3.63) is 35.4 Å². The Morgan fingerprint density at radius 3 is 2.50 bits per heavy atom. The van der Waals surface area contributed by atoms with E-state index in [1.807, 2.05) is 0 Å². The fourth-order valence-electron chi connectivity index (χ4n) is 3.12. The molecule has 0 radical (unpaired) electrons. The number of aryl methyl sites for hydroxylation is 2. The molecule has 1 N–H and O–H groups in total. The number of hydrogen-bond donors (Lipinski definition) is 0. The summed E-state index contributed by atoms with van der Waals surface area (Å²) in [4.78, 5) is 6.03. The van der Waals surface area contributed by atoms with Gasteiger partial charge in [0, 0.05) is 10.9 Å². The maximum Gasteiger partial charge on any atom is 0.277 e. The van der Waals surface area contributed by atoms with E-state index in [2.05, 4.69) is 61.8 Å². The zero-order valence-electron chi connectivity index (χ0n) is 12.7. The summed E-state index contributed by atoms with van der Waals surface area (Å²) in [7, 11) is 0. The van der Waals surface area contributed by atoms with E-state index in [4.69, 9.17) is 4.74 Å². The number of nitrogens with one attached hydrogen (secondary N) is 1. The fraction of sp³-hybridized carbons (Fsp3) is 0.471. The van der Waals surface area contributed by atoms with Gasteiger partial charge in [0.2, 0.25) is 0 Å². The molecular formula is C17H23N2O+. The number of nitrogens with zero attached hydrogens (tertiary/aromatic N) is 1. The third kappa shape index (κ3) is 2.50. The molecule has 2 heterocycles. The molecule has 3 nitrogen and oxygen atoms in total. The lowest BCUT2D eigenvalue weighted by atomic mass is 10.1. The van der Waals surface area contributed by atoms with Gasteiger partial charge >= 0.3 is 0 Å². The van der Waals surface area contributed by atoms with Crippen LogP contribution in [0.15, 0.2) is 24.3 Å². The molecule has 1 aliphatic rings. The molecule has 3 rings (SSSR count). The van der Waals surface area contributed by atoms with Crippen LogP contribution in [0.25, 0.3) is 10.9 Å². The number of aromatic amines is 1. The van der Waals surface area contributed by atoms with Crippen molar-refractivity contribution in [3.63, 3.8) is 0 Å². The van der Waals surface area contributed by atoms with E-state index in [0.717, 1.165) is 13.1 Å². The number of morpholine rings is 1. The number of fused-ring (bicyclic) bond motifs is 1. The number of rotatable bonds is 1. The van der Waals surface area contributed by atoms with E-state index in [1.165, 1.54) is 27.8 Å². The van der Waals surface area contributed by atoms with Crippen LogP contribution in [-0.4, -0.2) is 25.3 Å². The minimum Gasteiger partial charge on any atom is -0.367 e. The van der Waals surface area contributed by atoms with Gasteiger partial charge in [0.15, 0.2) is 0 Å². The average molecular weight is 271 g/mol. The molecule has 0 aliphatic carbocycles. The van der Waals surface area contributed by atoms with Gasteiger partial charge in [-0.2, -0.15) is 0 Å². The van der Waals surface area contributed by atoms with E-state index in [1.54, 1.807) is 0 Å². The van der Waals surface area contributed by atoms with Crippen molar-refractivity contribution < 1.29 is 9.72 Å². The summed E-state index contributed by atoms with van der Waals surface area (Å²) < 4.78 is 5.83. The summed E-state index contributed by atoms with van der Waals surface area (Å²) in [6.07, 6.45) is 0.555. The van der Waals surface area contributed by atoms with Crippen molar-refractivity contribution in [1.82, 2.24) is 0 Å². The van der Waals surface area contributed by atoms with E-state index in [-0.39, 0.29) is 12.2 Å². The molecular weight excluding hydrogens is 248 g/mol. The fourth-order valence-corrected chi connectivity index (χ4v) is 3.12. The van der Waals surface area contributed by atoms with E-state index in [0.29, 0.717) is 0 Å². The third-order valence-corrected chi connectivity index (χ3v) is 3.94. The molecule has 20 heavy (non-hydrogen) atoms. The number of ether oxygens (including phenoxy) is 1. The highest BCUT2D eigenvalue weighted by Crippen LogP contribution is 2.23. The molecule has 0 saturated carbocycles. The zero-order valence-corrected chi connectivity index (χ0v) is 12.7. The lowest BCUT2D eigenvalue weighted by Crippen LogP contribution is -2.47. The van der Waals surface area contributed by atoms with Crippen LogP contribution in [0.5, 0.6) is 0 Å². The van der Waals surface area contributed by atoms with E-state index < -0.39 is 0 Å². The van der Waals surface area contributed by atoms with Gasteiger partial charge in [-0.25, -0.2) is 4.98 Å². The van der Waals surface area contributed by atoms with Crippen LogP contribution in [0, 0.1) is 13.8 Å². The Kier molecular flexibility index (Phi) is 3.38. The minimum atomic E-state index is 0.278. The first-order valence-corrected chi connectivity index (χ1v) is 7.36. The zero-order chi connectivity index (χ0) is 14.3. The van der Waals surface area contributed by atoms with Crippen LogP contribution in [0.1, 0.15) is 25.0 Å². The third-order valence-electron chi connectivity index (χ3n) is 3.94.